The van der Waals surface area contributed by atoms with Crippen molar-refractivity contribution in [1.29, 1.82) is 0 Å². The second-order valence-electron chi connectivity index (χ2n) is 7.49. The number of aromatic nitrogens is 2. The van der Waals surface area contributed by atoms with E-state index in [1.54, 1.807) is 11.3 Å². The first kappa shape index (κ1) is 21.1. The lowest BCUT2D eigenvalue weighted by atomic mass is 9.95. The van der Waals surface area contributed by atoms with Crippen LogP contribution < -0.4 is 11.1 Å². The fourth-order valence-electron chi connectivity index (χ4n) is 4.00. The van der Waals surface area contributed by atoms with Crippen molar-refractivity contribution in [2.24, 2.45) is 5.73 Å². The molecule has 3 aromatic heterocycles. The third kappa shape index (κ3) is 4.03. The van der Waals surface area contributed by atoms with Crippen LogP contribution in [0.1, 0.15) is 33.6 Å². The van der Waals surface area contributed by atoms with Gasteiger partial charge in [0, 0.05) is 15.8 Å². The molecule has 0 saturated heterocycles. The van der Waals surface area contributed by atoms with Gasteiger partial charge in [-0.25, -0.2) is 9.97 Å². The first-order chi connectivity index (χ1) is 15.6. The Hall–Kier alpha value is -2.75. The maximum absolute atomic E-state index is 12.8. The number of benzene rings is 1. The Morgan fingerprint density at radius 1 is 1.12 bits per heavy atom. The molecule has 0 radical (unpaired) electrons. The van der Waals surface area contributed by atoms with Gasteiger partial charge in [0.25, 0.3) is 5.91 Å². The predicted molar refractivity (Wildman–Crippen MR) is 132 cm³/mol. The van der Waals surface area contributed by atoms with E-state index in [0.717, 1.165) is 62.5 Å². The number of thioether (sulfide) groups is 1. The Labute approximate surface area is 197 Å². The molecular formula is C23H20N4O2S3. The molecule has 3 N–H and O–H groups in total. The summed E-state index contributed by atoms with van der Waals surface area (Å²) in [5.74, 6) is -0.480. The Morgan fingerprint density at radius 3 is 2.75 bits per heavy atom. The summed E-state index contributed by atoms with van der Waals surface area (Å²) in [6.45, 7) is 0. The van der Waals surface area contributed by atoms with Crippen molar-refractivity contribution in [3.8, 4) is 11.1 Å². The number of fused-ring (bicyclic) bond motifs is 2. The lowest BCUT2D eigenvalue weighted by Crippen LogP contribution is -2.19. The summed E-state index contributed by atoms with van der Waals surface area (Å²) in [7, 11) is 0. The van der Waals surface area contributed by atoms with Gasteiger partial charge in [0.05, 0.1) is 16.7 Å². The normalized spacial score (nSPS) is 13.1. The average molecular weight is 481 g/mol. The number of hydrogen-bond acceptors (Lipinski definition) is 7. The van der Waals surface area contributed by atoms with Crippen LogP contribution in [0.2, 0.25) is 0 Å². The molecule has 0 saturated carbocycles. The molecule has 0 aliphatic heterocycles. The maximum Gasteiger partial charge on any atom is 0.251 e. The third-order valence-electron chi connectivity index (χ3n) is 5.43. The predicted octanol–water partition coefficient (Wildman–Crippen LogP) is 5.13. The van der Waals surface area contributed by atoms with Gasteiger partial charge < -0.3 is 11.1 Å². The fraction of sp³-hybridized carbons (Fsp3) is 0.217. The fourth-order valence-corrected chi connectivity index (χ4v) is 7.10. The van der Waals surface area contributed by atoms with Crippen molar-refractivity contribution in [3.63, 3.8) is 0 Å². The van der Waals surface area contributed by atoms with E-state index in [0.29, 0.717) is 10.6 Å². The van der Waals surface area contributed by atoms with Gasteiger partial charge in [-0.1, -0.05) is 42.1 Å². The summed E-state index contributed by atoms with van der Waals surface area (Å²) in [4.78, 5) is 35.7. The Balaban J connectivity index is 1.37. The number of primary amides is 1. The zero-order valence-corrected chi connectivity index (χ0v) is 19.5. The largest absolute Gasteiger partial charge is 0.365 e. The van der Waals surface area contributed by atoms with E-state index in [-0.39, 0.29) is 11.7 Å². The van der Waals surface area contributed by atoms with Gasteiger partial charge in [-0.3, -0.25) is 9.59 Å². The second kappa shape index (κ2) is 9.01. The molecule has 6 nitrogen and oxygen atoms in total. The maximum atomic E-state index is 12.8. The smallest absolute Gasteiger partial charge is 0.251 e. The molecule has 4 aromatic rings. The summed E-state index contributed by atoms with van der Waals surface area (Å²) >= 11 is 4.42. The highest BCUT2D eigenvalue weighted by atomic mass is 32.2. The van der Waals surface area contributed by atoms with Crippen LogP contribution in [0.3, 0.4) is 0 Å². The minimum atomic E-state index is -0.476. The molecule has 0 spiro atoms. The van der Waals surface area contributed by atoms with Crippen LogP contribution in [0.5, 0.6) is 0 Å². The lowest BCUT2D eigenvalue weighted by Gasteiger charge is -2.11. The molecule has 1 aromatic carbocycles. The first-order valence-corrected chi connectivity index (χ1v) is 12.9. The van der Waals surface area contributed by atoms with E-state index < -0.39 is 5.91 Å². The molecule has 162 valence electrons. The van der Waals surface area contributed by atoms with E-state index in [1.807, 2.05) is 18.2 Å². The van der Waals surface area contributed by atoms with Crippen molar-refractivity contribution >= 4 is 61.5 Å². The topological polar surface area (TPSA) is 98.0 Å². The monoisotopic (exact) mass is 480 g/mol. The zero-order valence-electron chi connectivity index (χ0n) is 17.1. The van der Waals surface area contributed by atoms with Crippen LogP contribution in [0.25, 0.3) is 21.3 Å². The minimum absolute atomic E-state index is 0.178. The molecule has 5 rings (SSSR count). The van der Waals surface area contributed by atoms with Gasteiger partial charge in [0.15, 0.2) is 0 Å². The quantitative estimate of drug-likeness (QED) is 0.295. The summed E-state index contributed by atoms with van der Waals surface area (Å²) in [6, 6.07) is 10.1. The van der Waals surface area contributed by atoms with E-state index in [2.05, 4.69) is 32.8 Å². The van der Waals surface area contributed by atoms with Crippen molar-refractivity contribution in [2.75, 3.05) is 11.1 Å². The molecule has 2 amide bonds. The molecule has 0 unspecified atom stereocenters. The molecule has 9 heteroatoms. The number of amides is 2. The summed E-state index contributed by atoms with van der Waals surface area (Å²) in [5, 5.41) is 7.31. The second-order valence-corrected chi connectivity index (χ2v) is 10.4. The standard InChI is InChI=1S/C23H20N4O2S3/c24-20(29)18-14-8-4-5-9-16(14)32-23(18)27-17(28)11-31-22-19-15(13-6-2-1-3-7-13)10-30-21(19)25-12-26-22/h1-3,6-7,10,12H,4-5,8-9,11H2,(H2,24,29)(H,27,28). The summed E-state index contributed by atoms with van der Waals surface area (Å²) in [5.41, 5.74) is 9.30. The van der Waals surface area contributed by atoms with Crippen molar-refractivity contribution in [1.82, 2.24) is 9.97 Å². The molecular weight excluding hydrogens is 460 g/mol. The summed E-state index contributed by atoms with van der Waals surface area (Å²) < 4.78 is 0. The number of rotatable bonds is 6. The molecule has 0 fully saturated rings. The number of nitrogens with one attached hydrogen (secondary N) is 1. The van der Waals surface area contributed by atoms with E-state index in [4.69, 9.17) is 5.73 Å². The van der Waals surface area contributed by atoms with Crippen LogP contribution in [0.4, 0.5) is 5.00 Å². The van der Waals surface area contributed by atoms with Gasteiger partial charge in [0.1, 0.15) is 21.2 Å². The van der Waals surface area contributed by atoms with Gasteiger partial charge >= 0.3 is 0 Å². The Bertz CT molecular complexity index is 1310. The van der Waals surface area contributed by atoms with Gasteiger partial charge in [0.2, 0.25) is 5.91 Å². The minimum Gasteiger partial charge on any atom is -0.365 e. The van der Waals surface area contributed by atoms with Gasteiger partial charge in [-0.05, 0) is 36.8 Å². The number of hydrogen-bond donors (Lipinski definition) is 2. The highest BCUT2D eigenvalue weighted by Gasteiger charge is 2.25. The highest BCUT2D eigenvalue weighted by molar-refractivity contribution is 8.00. The molecule has 3 heterocycles. The van der Waals surface area contributed by atoms with Gasteiger partial charge in [-0.2, -0.15) is 0 Å². The van der Waals surface area contributed by atoms with Crippen LogP contribution in [-0.2, 0) is 17.6 Å². The molecule has 1 aliphatic rings. The van der Waals surface area contributed by atoms with E-state index in [1.165, 1.54) is 29.4 Å². The summed E-state index contributed by atoms with van der Waals surface area (Å²) in [6.07, 6.45) is 5.45. The highest BCUT2D eigenvalue weighted by Crippen LogP contribution is 2.39. The third-order valence-corrected chi connectivity index (χ3v) is 8.51. The SMILES string of the molecule is NC(=O)c1c(NC(=O)CSc2ncnc3scc(-c4ccccc4)c23)sc2c1CCCC2. The average Bonchev–Trinajstić information content (AvgIpc) is 3.40. The number of carbonyl (C=O) groups is 2. The number of carbonyl (C=O) groups excluding carboxylic acids is 2. The van der Waals surface area contributed by atoms with Crippen LogP contribution >= 0.6 is 34.4 Å². The van der Waals surface area contributed by atoms with E-state index in [9.17, 15) is 9.59 Å². The van der Waals surface area contributed by atoms with Gasteiger partial charge in [-0.15, -0.1) is 22.7 Å². The van der Waals surface area contributed by atoms with Crippen LogP contribution in [-0.4, -0.2) is 27.5 Å². The Morgan fingerprint density at radius 2 is 1.94 bits per heavy atom. The lowest BCUT2D eigenvalue weighted by molar-refractivity contribution is -0.113. The number of nitrogens with zero attached hydrogens (tertiary/aromatic N) is 2. The first-order valence-electron chi connectivity index (χ1n) is 10.3. The van der Waals surface area contributed by atoms with Crippen LogP contribution in [0, 0.1) is 0 Å². The van der Waals surface area contributed by atoms with E-state index >= 15 is 0 Å². The number of nitrogens with two attached hydrogens (primary N) is 1. The molecule has 1 aliphatic carbocycles. The van der Waals surface area contributed by atoms with Crippen molar-refractivity contribution in [2.45, 2.75) is 30.7 Å². The number of thiophene rings is 2. The number of anilines is 1. The molecule has 32 heavy (non-hydrogen) atoms. The van der Waals surface area contributed by atoms with Crippen molar-refractivity contribution < 1.29 is 9.59 Å². The molecule has 0 bridgehead atoms. The zero-order chi connectivity index (χ0) is 22.1. The van der Waals surface area contributed by atoms with Crippen molar-refractivity contribution in [3.05, 3.63) is 58.0 Å². The molecule has 0 atom stereocenters. The van der Waals surface area contributed by atoms with Crippen LogP contribution in [0.15, 0.2) is 47.1 Å². The number of aryl methyl sites for hydroxylation is 1. The Kier molecular flexibility index (Phi) is 5.95.